The van der Waals surface area contributed by atoms with Crippen LogP contribution in [0.5, 0.6) is 0 Å². The largest absolute Gasteiger partial charge is 0.380 e. The predicted octanol–water partition coefficient (Wildman–Crippen LogP) is 11.9. The number of hydrogen-bond donors (Lipinski definition) is 2. The quantitative estimate of drug-likeness (QED) is 0.181. The molecule has 2 N–H and O–H groups in total. The van der Waals surface area contributed by atoms with Gasteiger partial charge < -0.3 is 15.2 Å². The number of aromatic nitrogens is 1. The van der Waals surface area contributed by atoms with Gasteiger partial charge in [0.2, 0.25) is 0 Å². The molecule has 0 bridgehead atoms. The summed E-state index contributed by atoms with van der Waals surface area (Å²) in [5.41, 5.74) is 15.3. The van der Waals surface area contributed by atoms with Gasteiger partial charge in [-0.05, 0) is 94.1 Å². The maximum atomic E-state index is 3.73. The molecule has 3 heteroatoms. The zero-order valence-electron chi connectivity index (χ0n) is 27.6. The molecule has 0 fully saturated rings. The fourth-order valence-corrected chi connectivity index (χ4v) is 7.13. The van der Waals surface area contributed by atoms with Gasteiger partial charge in [-0.2, -0.15) is 0 Å². The molecule has 9 rings (SSSR count). The van der Waals surface area contributed by atoms with E-state index in [9.17, 15) is 0 Å². The Hall–Kier alpha value is -6.58. The van der Waals surface area contributed by atoms with Crippen molar-refractivity contribution in [1.29, 1.82) is 0 Å². The molecular weight excluding hydrogens is 607 g/mol. The van der Waals surface area contributed by atoms with E-state index in [0.717, 1.165) is 29.2 Å². The van der Waals surface area contributed by atoms with Crippen LogP contribution in [-0.4, -0.2) is 11.1 Å². The van der Waals surface area contributed by atoms with E-state index in [0.29, 0.717) is 0 Å². The molecule has 0 radical (unpaired) electrons. The number of dihydropyridines is 1. The van der Waals surface area contributed by atoms with Crippen molar-refractivity contribution in [3.8, 4) is 27.9 Å². The van der Waals surface area contributed by atoms with E-state index in [1.54, 1.807) is 0 Å². The zero-order valence-corrected chi connectivity index (χ0v) is 27.6. The molecule has 0 saturated heterocycles. The van der Waals surface area contributed by atoms with Crippen LogP contribution < -0.4 is 10.6 Å². The van der Waals surface area contributed by atoms with Crippen LogP contribution in [-0.2, 0) is 0 Å². The Morgan fingerprint density at radius 3 is 1.82 bits per heavy atom. The second-order valence-electron chi connectivity index (χ2n) is 12.7. The van der Waals surface area contributed by atoms with Crippen LogP contribution in [0.3, 0.4) is 0 Å². The fourth-order valence-electron chi connectivity index (χ4n) is 7.13. The molecule has 8 aromatic rings. The lowest BCUT2D eigenvalue weighted by Gasteiger charge is -2.19. The van der Waals surface area contributed by atoms with Gasteiger partial charge in [-0.1, -0.05) is 127 Å². The molecule has 1 aliphatic heterocycles. The lowest BCUT2D eigenvalue weighted by Crippen LogP contribution is -2.18. The summed E-state index contributed by atoms with van der Waals surface area (Å²) in [5, 5.41) is 9.82. The summed E-state index contributed by atoms with van der Waals surface area (Å²) in [6, 6.07) is 62.8. The Morgan fingerprint density at radius 2 is 1.08 bits per heavy atom. The standard InChI is InChI=1S/C47H35N3/c1-4-12-34(13-5-1)42-30-36(37-24-29-47-43(31-37)41-18-10-11-19-46(41)50(47)40-16-8-3-9-17-40)22-28-45(42)49-39-25-20-33(21-26-39)38-23-27-44(48-32-38)35-14-6-2-7-15-35/h1-31,48-49H,32H2. The average molecular weight is 642 g/mol. The fraction of sp³-hybridized carbons (Fsp3) is 0.0213. The second kappa shape index (κ2) is 12.8. The third-order valence-corrected chi connectivity index (χ3v) is 9.66. The van der Waals surface area contributed by atoms with Gasteiger partial charge >= 0.3 is 0 Å². The third kappa shape index (κ3) is 5.55. The first kappa shape index (κ1) is 29.6. The predicted molar refractivity (Wildman–Crippen MR) is 212 cm³/mol. The number of allylic oxidation sites excluding steroid dienone is 2. The normalized spacial score (nSPS) is 12.7. The highest BCUT2D eigenvalue weighted by Crippen LogP contribution is 2.38. The van der Waals surface area contributed by atoms with E-state index in [1.165, 1.54) is 60.9 Å². The van der Waals surface area contributed by atoms with Crippen molar-refractivity contribution in [2.24, 2.45) is 0 Å². The van der Waals surface area contributed by atoms with Gasteiger partial charge in [0.15, 0.2) is 0 Å². The molecule has 1 aromatic heterocycles. The molecule has 238 valence electrons. The lowest BCUT2D eigenvalue weighted by atomic mass is 9.96. The van der Waals surface area contributed by atoms with Gasteiger partial charge in [-0.15, -0.1) is 0 Å². The highest BCUT2D eigenvalue weighted by molar-refractivity contribution is 6.10. The Labute approximate surface area is 292 Å². The highest BCUT2D eigenvalue weighted by atomic mass is 15.0. The van der Waals surface area contributed by atoms with Crippen molar-refractivity contribution in [2.45, 2.75) is 0 Å². The van der Waals surface area contributed by atoms with Gasteiger partial charge in [0.1, 0.15) is 0 Å². The molecule has 0 unspecified atom stereocenters. The van der Waals surface area contributed by atoms with E-state index < -0.39 is 0 Å². The monoisotopic (exact) mass is 641 g/mol. The minimum Gasteiger partial charge on any atom is -0.380 e. The summed E-state index contributed by atoms with van der Waals surface area (Å²) in [4.78, 5) is 0. The Kier molecular flexibility index (Phi) is 7.56. The number of anilines is 2. The second-order valence-corrected chi connectivity index (χ2v) is 12.7. The number of benzene rings is 7. The van der Waals surface area contributed by atoms with Crippen LogP contribution in [0, 0.1) is 0 Å². The molecule has 7 aromatic carbocycles. The topological polar surface area (TPSA) is 29.0 Å². The summed E-state index contributed by atoms with van der Waals surface area (Å²) < 4.78 is 2.36. The van der Waals surface area contributed by atoms with Crippen molar-refractivity contribution >= 4 is 44.5 Å². The van der Waals surface area contributed by atoms with E-state index in [1.807, 2.05) is 6.07 Å². The van der Waals surface area contributed by atoms with Crippen molar-refractivity contribution < 1.29 is 0 Å². The number of nitrogens with zero attached hydrogens (tertiary/aromatic N) is 1. The van der Waals surface area contributed by atoms with Crippen molar-refractivity contribution in [3.05, 3.63) is 199 Å². The Bertz CT molecular complexity index is 2520. The Balaban J connectivity index is 1.05. The van der Waals surface area contributed by atoms with Gasteiger partial charge in [-0.25, -0.2) is 0 Å². The first-order chi connectivity index (χ1) is 24.8. The number of hydrogen-bond acceptors (Lipinski definition) is 2. The molecule has 0 spiro atoms. The number of para-hydroxylation sites is 2. The molecule has 2 heterocycles. The molecule has 0 aliphatic carbocycles. The molecular formula is C47H35N3. The summed E-state index contributed by atoms with van der Waals surface area (Å²) >= 11 is 0. The lowest BCUT2D eigenvalue weighted by molar-refractivity contribution is 1.01. The van der Waals surface area contributed by atoms with Crippen LogP contribution in [0.1, 0.15) is 11.1 Å². The maximum Gasteiger partial charge on any atom is 0.0541 e. The number of nitrogens with one attached hydrogen (secondary N) is 2. The minimum absolute atomic E-state index is 0.797. The van der Waals surface area contributed by atoms with Crippen molar-refractivity contribution in [3.63, 3.8) is 0 Å². The van der Waals surface area contributed by atoms with Crippen LogP contribution in [0.15, 0.2) is 188 Å². The molecule has 0 amide bonds. The van der Waals surface area contributed by atoms with Gasteiger partial charge in [0.05, 0.1) is 11.0 Å². The molecule has 50 heavy (non-hydrogen) atoms. The summed E-state index contributed by atoms with van der Waals surface area (Å²) in [7, 11) is 0. The Morgan fingerprint density at radius 1 is 0.460 bits per heavy atom. The SMILES string of the molecule is C1=C(c2ccc(Nc3ccc(-c4ccc5c(c4)c4ccccc4n5-c4ccccc4)cc3-c3ccccc3)cc2)CNC(c2ccccc2)=C1. The maximum absolute atomic E-state index is 3.73. The third-order valence-electron chi connectivity index (χ3n) is 9.66. The average Bonchev–Trinajstić information content (AvgIpc) is 3.53. The first-order valence-corrected chi connectivity index (χ1v) is 17.1. The molecule has 3 nitrogen and oxygen atoms in total. The summed E-state index contributed by atoms with van der Waals surface area (Å²) in [6.07, 6.45) is 4.40. The van der Waals surface area contributed by atoms with Crippen LogP contribution in [0.4, 0.5) is 11.4 Å². The van der Waals surface area contributed by atoms with Crippen molar-refractivity contribution in [1.82, 2.24) is 9.88 Å². The zero-order chi connectivity index (χ0) is 33.3. The van der Waals surface area contributed by atoms with Gasteiger partial charge in [0.25, 0.3) is 0 Å². The van der Waals surface area contributed by atoms with E-state index >= 15 is 0 Å². The van der Waals surface area contributed by atoms with Crippen LogP contribution in [0.25, 0.3) is 61.0 Å². The smallest absolute Gasteiger partial charge is 0.0541 e. The number of rotatable bonds is 7. The van der Waals surface area contributed by atoms with Gasteiger partial charge in [0, 0.05) is 45.6 Å². The summed E-state index contributed by atoms with van der Waals surface area (Å²) in [5.74, 6) is 0. The van der Waals surface area contributed by atoms with E-state index in [4.69, 9.17) is 0 Å². The highest BCUT2D eigenvalue weighted by Gasteiger charge is 2.15. The van der Waals surface area contributed by atoms with Gasteiger partial charge in [-0.3, -0.25) is 0 Å². The summed E-state index contributed by atoms with van der Waals surface area (Å²) in [6.45, 7) is 0.797. The van der Waals surface area contributed by atoms with E-state index in [2.05, 4.69) is 197 Å². The number of fused-ring (bicyclic) bond motifs is 3. The van der Waals surface area contributed by atoms with Crippen molar-refractivity contribution in [2.75, 3.05) is 11.9 Å². The first-order valence-electron chi connectivity index (χ1n) is 17.1. The van der Waals surface area contributed by atoms with Crippen LogP contribution in [0.2, 0.25) is 0 Å². The minimum atomic E-state index is 0.797. The molecule has 0 atom stereocenters. The molecule has 1 aliphatic rings. The van der Waals surface area contributed by atoms with Crippen LogP contribution >= 0.6 is 0 Å². The molecule has 0 saturated carbocycles. The van der Waals surface area contributed by atoms with E-state index in [-0.39, 0.29) is 0 Å².